The first-order valence-corrected chi connectivity index (χ1v) is 7.83. The topological polar surface area (TPSA) is 19.4 Å². The van der Waals surface area contributed by atoms with Gasteiger partial charge in [-0.3, -0.25) is 4.90 Å². The van der Waals surface area contributed by atoms with E-state index in [9.17, 15) is 13.2 Å². The summed E-state index contributed by atoms with van der Waals surface area (Å²) in [6, 6.07) is 6.83. The van der Waals surface area contributed by atoms with Gasteiger partial charge in [-0.25, -0.2) is 18.2 Å². The first-order valence-electron chi connectivity index (χ1n) is 7.83. The van der Waals surface area contributed by atoms with Gasteiger partial charge in [0.05, 0.1) is 0 Å². The van der Waals surface area contributed by atoms with Crippen LogP contribution < -0.4 is 4.90 Å². The van der Waals surface area contributed by atoms with Crippen LogP contribution in [0.15, 0.2) is 42.6 Å². The quantitative estimate of drug-likeness (QED) is 0.855. The van der Waals surface area contributed by atoms with E-state index in [1.165, 1.54) is 18.2 Å². The van der Waals surface area contributed by atoms with E-state index in [-0.39, 0.29) is 5.82 Å². The van der Waals surface area contributed by atoms with Gasteiger partial charge >= 0.3 is 0 Å². The smallest absolute Gasteiger partial charge is 0.165 e. The van der Waals surface area contributed by atoms with E-state index in [0.717, 1.165) is 19.2 Å². The van der Waals surface area contributed by atoms with Gasteiger partial charge in [0.25, 0.3) is 0 Å². The van der Waals surface area contributed by atoms with Gasteiger partial charge in [0.1, 0.15) is 0 Å². The minimum absolute atomic E-state index is 0.302. The van der Waals surface area contributed by atoms with Crippen molar-refractivity contribution in [1.29, 1.82) is 0 Å². The molecule has 0 radical (unpaired) electrons. The van der Waals surface area contributed by atoms with Gasteiger partial charge in [-0.1, -0.05) is 18.2 Å². The molecule has 3 nitrogen and oxygen atoms in total. The molecule has 2 heterocycles. The Morgan fingerprint density at radius 3 is 2.46 bits per heavy atom. The SMILES string of the molecule is Fc1ccc(C=CCN2CCN(c3ncccc3F)CC2)cc1F. The van der Waals surface area contributed by atoms with E-state index in [1.807, 2.05) is 11.0 Å². The summed E-state index contributed by atoms with van der Waals surface area (Å²) < 4.78 is 39.7. The van der Waals surface area contributed by atoms with Crippen molar-refractivity contribution in [1.82, 2.24) is 9.88 Å². The number of pyridine rings is 1. The Morgan fingerprint density at radius 2 is 1.75 bits per heavy atom. The maximum atomic E-state index is 13.7. The van der Waals surface area contributed by atoms with E-state index >= 15 is 0 Å². The fraction of sp³-hybridized carbons (Fsp3) is 0.278. The normalized spacial score (nSPS) is 16.0. The Kier molecular flexibility index (Phi) is 5.15. The summed E-state index contributed by atoms with van der Waals surface area (Å²) in [4.78, 5) is 8.25. The summed E-state index contributed by atoms with van der Waals surface area (Å²) in [5, 5.41) is 0. The van der Waals surface area contributed by atoms with Crippen LogP contribution in [-0.2, 0) is 0 Å². The van der Waals surface area contributed by atoms with Crippen LogP contribution in [0.3, 0.4) is 0 Å². The molecule has 1 saturated heterocycles. The van der Waals surface area contributed by atoms with Crippen LogP contribution in [-0.4, -0.2) is 42.6 Å². The lowest BCUT2D eigenvalue weighted by Gasteiger charge is -2.34. The predicted octanol–water partition coefficient (Wildman–Crippen LogP) is 3.33. The van der Waals surface area contributed by atoms with Gasteiger partial charge in [0.15, 0.2) is 23.3 Å². The van der Waals surface area contributed by atoms with Crippen molar-refractivity contribution < 1.29 is 13.2 Å². The third kappa shape index (κ3) is 3.94. The Labute approximate surface area is 139 Å². The van der Waals surface area contributed by atoms with Crippen molar-refractivity contribution in [2.45, 2.75) is 0 Å². The maximum absolute atomic E-state index is 13.7. The van der Waals surface area contributed by atoms with Gasteiger partial charge in [-0.05, 0) is 29.8 Å². The van der Waals surface area contributed by atoms with Gasteiger partial charge in [-0.2, -0.15) is 0 Å². The molecule has 1 fully saturated rings. The number of hydrogen-bond donors (Lipinski definition) is 0. The van der Waals surface area contributed by atoms with Gasteiger partial charge < -0.3 is 4.90 Å². The Morgan fingerprint density at radius 1 is 0.958 bits per heavy atom. The Balaban J connectivity index is 1.51. The molecule has 24 heavy (non-hydrogen) atoms. The van der Waals surface area contributed by atoms with E-state index < -0.39 is 11.6 Å². The van der Waals surface area contributed by atoms with Crippen molar-refractivity contribution in [2.75, 3.05) is 37.6 Å². The van der Waals surface area contributed by atoms with Crippen molar-refractivity contribution >= 4 is 11.9 Å². The highest BCUT2D eigenvalue weighted by molar-refractivity contribution is 5.49. The molecule has 0 bridgehead atoms. The fourth-order valence-electron chi connectivity index (χ4n) is 2.71. The zero-order valence-electron chi connectivity index (χ0n) is 13.1. The first-order chi connectivity index (χ1) is 11.6. The zero-order valence-corrected chi connectivity index (χ0v) is 13.1. The van der Waals surface area contributed by atoms with Crippen LogP contribution in [0.5, 0.6) is 0 Å². The lowest BCUT2D eigenvalue weighted by molar-refractivity contribution is 0.282. The van der Waals surface area contributed by atoms with Crippen LogP contribution >= 0.6 is 0 Å². The molecule has 3 rings (SSSR count). The molecule has 0 spiro atoms. The second-order valence-corrected chi connectivity index (χ2v) is 5.67. The summed E-state index contributed by atoms with van der Waals surface area (Å²) >= 11 is 0. The number of benzene rings is 1. The van der Waals surface area contributed by atoms with E-state index in [4.69, 9.17) is 0 Å². The number of aromatic nitrogens is 1. The molecule has 0 unspecified atom stereocenters. The number of halogens is 3. The zero-order chi connectivity index (χ0) is 16.9. The average molecular weight is 333 g/mol. The Bertz CT molecular complexity index is 725. The first kappa shape index (κ1) is 16.5. The molecule has 1 aromatic carbocycles. The minimum atomic E-state index is -0.844. The predicted molar refractivity (Wildman–Crippen MR) is 88.2 cm³/mol. The second kappa shape index (κ2) is 7.49. The highest BCUT2D eigenvalue weighted by Crippen LogP contribution is 2.17. The van der Waals surface area contributed by atoms with Crippen LogP contribution in [0.1, 0.15) is 5.56 Å². The van der Waals surface area contributed by atoms with Crippen LogP contribution in [0.2, 0.25) is 0 Å². The number of nitrogens with zero attached hydrogens (tertiary/aromatic N) is 3. The highest BCUT2D eigenvalue weighted by Gasteiger charge is 2.19. The summed E-state index contributed by atoms with van der Waals surface area (Å²) in [5.74, 6) is -1.59. The molecule has 2 aromatic rings. The standard InChI is InChI=1S/C18H18F3N3/c19-15-6-5-14(13-17(15)21)3-2-8-23-9-11-24(12-10-23)18-16(20)4-1-7-22-18/h1-7,13H,8-12H2. The monoisotopic (exact) mass is 333 g/mol. The van der Waals surface area contributed by atoms with Crippen molar-refractivity contribution in [2.24, 2.45) is 0 Å². The molecule has 1 aliphatic heterocycles. The number of anilines is 1. The third-order valence-corrected chi connectivity index (χ3v) is 4.03. The van der Waals surface area contributed by atoms with Gasteiger partial charge in [-0.15, -0.1) is 0 Å². The molecule has 6 heteroatoms. The fourth-order valence-corrected chi connectivity index (χ4v) is 2.71. The second-order valence-electron chi connectivity index (χ2n) is 5.67. The van der Waals surface area contributed by atoms with Crippen LogP contribution in [0, 0.1) is 17.5 Å². The average Bonchev–Trinajstić information content (AvgIpc) is 2.59. The number of rotatable bonds is 4. The highest BCUT2D eigenvalue weighted by atomic mass is 19.2. The summed E-state index contributed by atoms with van der Waals surface area (Å²) in [7, 11) is 0. The van der Waals surface area contributed by atoms with E-state index in [0.29, 0.717) is 31.0 Å². The summed E-state index contributed by atoms with van der Waals surface area (Å²) in [6.45, 7) is 3.69. The number of hydrogen-bond acceptors (Lipinski definition) is 3. The minimum Gasteiger partial charge on any atom is -0.352 e. The van der Waals surface area contributed by atoms with E-state index in [2.05, 4.69) is 9.88 Å². The molecular formula is C18H18F3N3. The largest absolute Gasteiger partial charge is 0.352 e. The van der Waals surface area contributed by atoms with Crippen LogP contribution in [0.4, 0.5) is 19.0 Å². The summed E-state index contributed by atoms with van der Waals surface area (Å²) in [5.41, 5.74) is 0.628. The number of piperazine rings is 1. The van der Waals surface area contributed by atoms with Crippen LogP contribution in [0.25, 0.3) is 6.08 Å². The molecule has 0 aliphatic carbocycles. The lowest BCUT2D eigenvalue weighted by atomic mass is 10.2. The molecule has 0 amide bonds. The molecule has 0 atom stereocenters. The molecule has 1 aliphatic rings. The lowest BCUT2D eigenvalue weighted by Crippen LogP contribution is -2.46. The van der Waals surface area contributed by atoms with Gasteiger partial charge in [0, 0.05) is 38.9 Å². The maximum Gasteiger partial charge on any atom is 0.165 e. The Hall–Kier alpha value is -2.34. The molecule has 0 saturated carbocycles. The molecular weight excluding hydrogens is 315 g/mol. The van der Waals surface area contributed by atoms with Crippen molar-refractivity contribution in [3.63, 3.8) is 0 Å². The van der Waals surface area contributed by atoms with E-state index in [1.54, 1.807) is 18.3 Å². The molecule has 0 N–H and O–H groups in total. The van der Waals surface area contributed by atoms with Crippen molar-refractivity contribution in [3.05, 3.63) is 65.6 Å². The van der Waals surface area contributed by atoms with Crippen molar-refractivity contribution in [3.8, 4) is 0 Å². The molecule has 126 valence electrons. The van der Waals surface area contributed by atoms with Gasteiger partial charge in [0.2, 0.25) is 0 Å². The summed E-state index contributed by atoms with van der Waals surface area (Å²) in [6.07, 6.45) is 5.28. The molecule has 1 aromatic heterocycles. The third-order valence-electron chi connectivity index (χ3n) is 4.03.